The summed E-state index contributed by atoms with van der Waals surface area (Å²) in [6.45, 7) is 0.0191. The number of ether oxygens (including phenoxy) is 1. The molecule has 0 aliphatic heterocycles. The summed E-state index contributed by atoms with van der Waals surface area (Å²) in [4.78, 5) is 15.0. The molecule has 1 aromatic carbocycles. The number of carbonyl (C=O) groups is 1. The van der Waals surface area contributed by atoms with Gasteiger partial charge in [-0.1, -0.05) is 18.9 Å². The number of rotatable bonds is 8. The van der Waals surface area contributed by atoms with E-state index in [1.165, 1.54) is 12.8 Å². The Kier molecular flexibility index (Phi) is 6.66. The summed E-state index contributed by atoms with van der Waals surface area (Å²) in [6, 6.07) is 5.87. The predicted molar refractivity (Wildman–Crippen MR) is 99.0 cm³/mol. The molecule has 1 fully saturated rings. The number of hydrogen-bond acceptors (Lipinski definition) is 4. The van der Waals surface area contributed by atoms with Gasteiger partial charge in [0.05, 0.1) is 0 Å². The molecule has 4 nitrogen and oxygen atoms in total. The van der Waals surface area contributed by atoms with E-state index < -0.39 is 23.4 Å². The molecule has 0 atom stereocenters. The van der Waals surface area contributed by atoms with Crippen molar-refractivity contribution in [3.63, 3.8) is 0 Å². The number of hydrogen-bond donors (Lipinski definition) is 1. The molecule has 0 spiro atoms. The fourth-order valence-corrected chi connectivity index (χ4v) is 4.38. The molecule has 1 heterocycles. The second-order valence-corrected chi connectivity index (χ2v) is 7.85. The van der Waals surface area contributed by atoms with Crippen molar-refractivity contribution < 1.29 is 23.4 Å². The number of halogens is 2. The first-order valence-corrected chi connectivity index (χ1v) is 9.84. The summed E-state index contributed by atoms with van der Waals surface area (Å²) in [6.07, 6.45) is 6.34. The van der Waals surface area contributed by atoms with Gasteiger partial charge in [-0.15, -0.1) is 11.8 Å². The topological polar surface area (TPSA) is 59.4 Å². The number of benzene rings is 1. The van der Waals surface area contributed by atoms with Crippen molar-refractivity contribution in [1.29, 1.82) is 0 Å². The largest absolute Gasteiger partial charge is 0.483 e. The average Bonchev–Trinajstić information content (AvgIpc) is 3.13. The van der Waals surface area contributed by atoms with Crippen molar-refractivity contribution >= 4 is 17.7 Å². The molecule has 0 unspecified atom stereocenters. The minimum absolute atomic E-state index is 0.0191. The van der Waals surface area contributed by atoms with E-state index in [-0.39, 0.29) is 19.4 Å². The van der Waals surface area contributed by atoms with Crippen LogP contribution in [0.15, 0.2) is 35.5 Å². The lowest BCUT2D eigenvalue weighted by molar-refractivity contribution is -0.136. The molecular formula is C20H21F2NO3S. The number of pyridine rings is 1. The van der Waals surface area contributed by atoms with Crippen molar-refractivity contribution in [2.45, 2.75) is 55.4 Å². The SMILES string of the molecule is O=C(O)CCc1cc(F)c(OCc2cccnc2SC2CCCC2)c(F)c1. The molecule has 7 heteroatoms. The van der Waals surface area contributed by atoms with Gasteiger partial charge in [-0.2, -0.15) is 0 Å². The molecule has 0 amide bonds. The van der Waals surface area contributed by atoms with E-state index in [9.17, 15) is 13.6 Å². The van der Waals surface area contributed by atoms with E-state index in [0.717, 1.165) is 35.6 Å². The lowest BCUT2D eigenvalue weighted by Crippen LogP contribution is -2.05. The highest BCUT2D eigenvalue weighted by molar-refractivity contribution is 7.99. The Labute approximate surface area is 161 Å². The van der Waals surface area contributed by atoms with Crippen LogP contribution in [0.25, 0.3) is 0 Å². The van der Waals surface area contributed by atoms with Crippen molar-refractivity contribution in [3.8, 4) is 5.75 Å². The highest BCUT2D eigenvalue weighted by atomic mass is 32.2. The van der Waals surface area contributed by atoms with Crippen LogP contribution in [0.1, 0.15) is 43.2 Å². The second kappa shape index (κ2) is 9.17. The van der Waals surface area contributed by atoms with Crippen molar-refractivity contribution in [1.82, 2.24) is 4.98 Å². The van der Waals surface area contributed by atoms with Crippen LogP contribution in [0.3, 0.4) is 0 Å². The second-order valence-electron chi connectivity index (χ2n) is 6.56. The number of aryl methyl sites for hydroxylation is 1. The highest BCUT2D eigenvalue weighted by Crippen LogP contribution is 2.35. The van der Waals surface area contributed by atoms with Gasteiger partial charge in [0.25, 0.3) is 0 Å². The number of nitrogens with zero attached hydrogens (tertiary/aromatic N) is 1. The predicted octanol–water partition coefficient (Wildman–Crippen LogP) is 4.99. The van der Waals surface area contributed by atoms with Crippen LogP contribution in [-0.2, 0) is 17.8 Å². The van der Waals surface area contributed by atoms with Crippen LogP contribution >= 0.6 is 11.8 Å². The summed E-state index contributed by atoms with van der Waals surface area (Å²) in [7, 11) is 0. The Morgan fingerprint density at radius 2 is 1.96 bits per heavy atom. The van der Waals surface area contributed by atoms with E-state index in [1.807, 2.05) is 6.07 Å². The number of aromatic nitrogens is 1. The molecule has 0 bridgehead atoms. The monoisotopic (exact) mass is 393 g/mol. The average molecular weight is 393 g/mol. The first-order valence-electron chi connectivity index (χ1n) is 8.96. The minimum Gasteiger partial charge on any atom is -0.483 e. The Hall–Kier alpha value is -2.15. The molecule has 2 aromatic rings. The summed E-state index contributed by atoms with van der Waals surface area (Å²) in [5.41, 5.74) is 1.08. The normalized spacial score (nSPS) is 14.4. The number of thioether (sulfide) groups is 1. The number of carboxylic acid groups (broad SMARTS) is 1. The molecule has 27 heavy (non-hydrogen) atoms. The molecule has 3 rings (SSSR count). The van der Waals surface area contributed by atoms with E-state index in [0.29, 0.717) is 10.8 Å². The van der Waals surface area contributed by atoms with E-state index >= 15 is 0 Å². The molecule has 1 saturated carbocycles. The van der Waals surface area contributed by atoms with Gasteiger partial charge < -0.3 is 9.84 Å². The summed E-state index contributed by atoms with van der Waals surface area (Å²) >= 11 is 1.70. The maximum absolute atomic E-state index is 14.2. The third kappa shape index (κ3) is 5.42. The van der Waals surface area contributed by atoms with Crippen LogP contribution in [0.2, 0.25) is 0 Å². The van der Waals surface area contributed by atoms with Crippen molar-refractivity contribution in [3.05, 3.63) is 53.2 Å². The zero-order valence-electron chi connectivity index (χ0n) is 14.8. The van der Waals surface area contributed by atoms with Gasteiger partial charge in [0.15, 0.2) is 17.4 Å². The zero-order valence-corrected chi connectivity index (χ0v) is 15.6. The molecule has 0 saturated heterocycles. The van der Waals surface area contributed by atoms with Gasteiger partial charge in [0.2, 0.25) is 0 Å². The first kappa shape index (κ1) is 19.6. The quantitative estimate of drug-likeness (QED) is 0.685. The standard InChI is InChI=1S/C20H21F2NO3S/c21-16-10-13(7-8-18(24)25)11-17(22)19(16)26-12-14-4-3-9-23-20(14)27-15-5-1-2-6-15/h3-4,9-11,15H,1-2,5-8,12H2,(H,24,25). The maximum Gasteiger partial charge on any atom is 0.303 e. The molecular weight excluding hydrogens is 372 g/mol. The lowest BCUT2D eigenvalue weighted by Gasteiger charge is -2.14. The van der Waals surface area contributed by atoms with Crippen molar-refractivity contribution in [2.75, 3.05) is 0 Å². The third-order valence-corrected chi connectivity index (χ3v) is 5.88. The van der Waals surface area contributed by atoms with Gasteiger partial charge in [0, 0.05) is 23.4 Å². The molecule has 1 N–H and O–H groups in total. The molecule has 1 aromatic heterocycles. The Morgan fingerprint density at radius 1 is 1.26 bits per heavy atom. The molecule has 1 aliphatic carbocycles. The van der Waals surface area contributed by atoms with Gasteiger partial charge in [-0.05, 0) is 43.0 Å². The summed E-state index contributed by atoms with van der Waals surface area (Å²) in [5, 5.41) is 10.1. The molecule has 0 radical (unpaired) electrons. The number of aliphatic carboxylic acids is 1. The summed E-state index contributed by atoms with van der Waals surface area (Å²) in [5.74, 6) is -3.12. The Balaban J connectivity index is 1.68. The van der Waals surface area contributed by atoms with Crippen LogP contribution < -0.4 is 4.74 Å². The summed E-state index contributed by atoms with van der Waals surface area (Å²) < 4.78 is 33.9. The Morgan fingerprint density at radius 3 is 2.63 bits per heavy atom. The Bertz CT molecular complexity index is 787. The van der Waals surface area contributed by atoms with Gasteiger partial charge >= 0.3 is 5.97 Å². The van der Waals surface area contributed by atoms with Gasteiger partial charge in [-0.3, -0.25) is 4.79 Å². The first-order chi connectivity index (χ1) is 13.0. The van der Waals surface area contributed by atoms with E-state index in [4.69, 9.17) is 9.84 Å². The number of carboxylic acids is 1. The maximum atomic E-state index is 14.2. The molecule has 144 valence electrons. The van der Waals surface area contributed by atoms with Crippen molar-refractivity contribution in [2.24, 2.45) is 0 Å². The smallest absolute Gasteiger partial charge is 0.303 e. The lowest BCUT2D eigenvalue weighted by atomic mass is 10.1. The van der Waals surface area contributed by atoms with Crippen LogP contribution in [0.4, 0.5) is 8.78 Å². The van der Waals surface area contributed by atoms with Crippen LogP contribution in [0, 0.1) is 11.6 Å². The minimum atomic E-state index is -1.01. The van der Waals surface area contributed by atoms with E-state index in [2.05, 4.69) is 4.98 Å². The highest BCUT2D eigenvalue weighted by Gasteiger charge is 2.19. The van der Waals surface area contributed by atoms with Gasteiger partial charge in [-0.25, -0.2) is 13.8 Å². The van der Waals surface area contributed by atoms with Crippen LogP contribution in [0.5, 0.6) is 5.75 Å². The van der Waals surface area contributed by atoms with Crippen LogP contribution in [-0.4, -0.2) is 21.3 Å². The van der Waals surface area contributed by atoms with Gasteiger partial charge in [0.1, 0.15) is 11.6 Å². The fraction of sp³-hybridized carbons (Fsp3) is 0.400. The fourth-order valence-electron chi connectivity index (χ4n) is 3.10. The third-order valence-electron chi connectivity index (χ3n) is 4.49. The zero-order chi connectivity index (χ0) is 19.2. The molecule has 1 aliphatic rings. The van der Waals surface area contributed by atoms with E-state index in [1.54, 1.807) is 24.0 Å².